The smallest absolute Gasteiger partial charge is 0.303 e. The minimum absolute atomic E-state index is 0.0128. The molecule has 1 N–H and O–H groups in total. The molecule has 1 aromatic carbocycles. The number of rotatable bonds is 5. The van der Waals surface area contributed by atoms with E-state index < -0.39 is 42.3 Å². The molecule has 142 valence electrons. The number of phenolic OH excluding ortho intramolecular Hbond substituents is 1. The van der Waals surface area contributed by atoms with Crippen molar-refractivity contribution in [3.63, 3.8) is 0 Å². The maximum Gasteiger partial charge on any atom is 0.303 e. The standard InChI is InChI=1S/C18H22O8/c1-10(19)23-9-15-8-16(24-11(2)20)18(25-12(3)21)17(26-15)13-5-4-6-14(22)7-13/h4-7,15-18,22H,8-9H2,1-3H3/t15-,16-,17+,18-/m0/s1. The van der Waals surface area contributed by atoms with E-state index in [4.69, 9.17) is 18.9 Å². The van der Waals surface area contributed by atoms with Crippen molar-refractivity contribution in [2.24, 2.45) is 0 Å². The Hall–Kier alpha value is -2.61. The first-order valence-corrected chi connectivity index (χ1v) is 8.18. The zero-order valence-electron chi connectivity index (χ0n) is 14.8. The average Bonchev–Trinajstić information content (AvgIpc) is 2.53. The first-order valence-electron chi connectivity index (χ1n) is 8.18. The van der Waals surface area contributed by atoms with Crippen molar-refractivity contribution in [1.29, 1.82) is 0 Å². The lowest BCUT2D eigenvalue weighted by Crippen LogP contribution is -2.48. The van der Waals surface area contributed by atoms with Gasteiger partial charge in [-0.1, -0.05) is 12.1 Å². The van der Waals surface area contributed by atoms with Gasteiger partial charge in [-0.05, 0) is 17.7 Å². The topological polar surface area (TPSA) is 108 Å². The summed E-state index contributed by atoms with van der Waals surface area (Å²) in [4.78, 5) is 34.1. The van der Waals surface area contributed by atoms with E-state index in [1.165, 1.54) is 32.9 Å². The van der Waals surface area contributed by atoms with E-state index in [0.717, 1.165) is 0 Å². The van der Waals surface area contributed by atoms with E-state index in [2.05, 4.69) is 0 Å². The highest BCUT2D eigenvalue weighted by atomic mass is 16.6. The third-order valence-electron chi connectivity index (χ3n) is 3.79. The minimum Gasteiger partial charge on any atom is -0.508 e. The molecule has 0 spiro atoms. The normalized spacial score (nSPS) is 25.2. The number of hydrogen-bond donors (Lipinski definition) is 1. The van der Waals surface area contributed by atoms with Crippen LogP contribution in [0, 0.1) is 0 Å². The quantitative estimate of drug-likeness (QED) is 0.619. The van der Waals surface area contributed by atoms with Crippen LogP contribution in [-0.4, -0.2) is 47.9 Å². The van der Waals surface area contributed by atoms with Gasteiger partial charge in [0.25, 0.3) is 0 Å². The van der Waals surface area contributed by atoms with Crippen molar-refractivity contribution >= 4 is 17.9 Å². The third kappa shape index (κ3) is 5.45. The molecule has 0 saturated carbocycles. The first-order chi connectivity index (χ1) is 12.3. The van der Waals surface area contributed by atoms with Gasteiger partial charge in [0, 0.05) is 27.2 Å². The Labute approximate surface area is 151 Å². The largest absolute Gasteiger partial charge is 0.508 e. The summed E-state index contributed by atoms with van der Waals surface area (Å²) in [6.45, 7) is 3.75. The lowest BCUT2D eigenvalue weighted by atomic mass is 9.92. The number of phenols is 1. The Morgan fingerprint density at radius 3 is 2.38 bits per heavy atom. The van der Waals surface area contributed by atoms with Crippen molar-refractivity contribution < 1.29 is 38.4 Å². The van der Waals surface area contributed by atoms with Gasteiger partial charge in [-0.15, -0.1) is 0 Å². The summed E-state index contributed by atoms with van der Waals surface area (Å²) in [6.07, 6.45) is -2.85. The summed E-state index contributed by atoms with van der Waals surface area (Å²) in [5.41, 5.74) is 0.543. The molecule has 8 heteroatoms. The van der Waals surface area contributed by atoms with Gasteiger partial charge in [-0.3, -0.25) is 14.4 Å². The number of esters is 3. The maximum atomic E-state index is 11.5. The number of carbonyl (C=O) groups is 3. The number of carbonyl (C=O) groups excluding carboxylic acids is 3. The van der Waals surface area contributed by atoms with Gasteiger partial charge in [0.05, 0.1) is 6.10 Å². The summed E-state index contributed by atoms with van der Waals surface area (Å²) in [5, 5.41) is 9.75. The molecule has 0 radical (unpaired) electrons. The highest BCUT2D eigenvalue weighted by molar-refractivity contribution is 5.67. The van der Waals surface area contributed by atoms with Gasteiger partial charge in [0.2, 0.25) is 0 Å². The molecule has 1 aliphatic heterocycles. The third-order valence-corrected chi connectivity index (χ3v) is 3.79. The monoisotopic (exact) mass is 366 g/mol. The van der Waals surface area contributed by atoms with E-state index in [1.54, 1.807) is 12.1 Å². The summed E-state index contributed by atoms with van der Waals surface area (Å²) in [7, 11) is 0. The van der Waals surface area contributed by atoms with Crippen LogP contribution in [0.25, 0.3) is 0 Å². The number of hydrogen-bond acceptors (Lipinski definition) is 8. The molecule has 8 nitrogen and oxygen atoms in total. The molecule has 1 fully saturated rings. The molecule has 0 amide bonds. The van der Waals surface area contributed by atoms with Gasteiger partial charge in [0.1, 0.15) is 24.6 Å². The van der Waals surface area contributed by atoms with Crippen molar-refractivity contribution in [2.75, 3.05) is 6.61 Å². The number of aromatic hydroxyl groups is 1. The van der Waals surface area contributed by atoms with Crippen LogP contribution >= 0.6 is 0 Å². The van der Waals surface area contributed by atoms with Gasteiger partial charge in [0.15, 0.2) is 6.10 Å². The molecule has 0 unspecified atom stereocenters. The highest BCUT2D eigenvalue weighted by Gasteiger charge is 2.44. The molecule has 1 aromatic rings. The van der Waals surface area contributed by atoms with Gasteiger partial charge in [-0.25, -0.2) is 0 Å². The second-order valence-electron chi connectivity index (χ2n) is 6.03. The van der Waals surface area contributed by atoms with Crippen LogP contribution in [0.1, 0.15) is 38.9 Å². The Bertz CT molecular complexity index is 671. The Kier molecular flexibility index (Phi) is 6.57. The predicted octanol–water partition coefficient (Wildman–Crippen LogP) is 1.65. The molecule has 0 aromatic heterocycles. The number of ether oxygens (including phenoxy) is 4. The molecule has 1 saturated heterocycles. The summed E-state index contributed by atoms with van der Waals surface area (Å²) in [6, 6.07) is 6.28. The average molecular weight is 366 g/mol. The van der Waals surface area contributed by atoms with Crippen LogP contribution in [0.2, 0.25) is 0 Å². The van der Waals surface area contributed by atoms with Crippen LogP contribution in [0.5, 0.6) is 5.75 Å². The van der Waals surface area contributed by atoms with Crippen LogP contribution in [0.3, 0.4) is 0 Å². The Morgan fingerprint density at radius 2 is 1.81 bits per heavy atom. The molecular formula is C18H22O8. The van der Waals surface area contributed by atoms with Gasteiger partial charge < -0.3 is 24.1 Å². The van der Waals surface area contributed by atoms with E-state index in [-0.39, 0.29) is 18.8 Å². The van der Waals surface area contributed by atoms with Crippen molar-refractivity contribution in [2.45, 2.75) is 51.6 Å². The second kappa shape index (κ2) is 8.66. The zero-order chi connectivity index (χ0) is 19.3. The van der Waals surface area contributed by atoms with Crippen LogP contribution in [-0.2, 0) is 33.3 Å². The van der Waals surface area contributed by atoms with E-state index in [0.29, 0.717) is 5.56 Å². The number of benzene rings is 1. The fourth-order valence-electron chi connectivity index (χ4n) is 2.87. The van der Waals surface area contributed by atoms with E-state index in [1.807, 2.05) is 0 Å². The minimum atomic E-state index is -0.897. The SMILES string of the molecule is CC(=O)OC[C@@H]1C[C@H](OC(C)=O)[C@H](OC(C)=O)[C@@H](c2cccc(O)c2)O1. The van der Waals surface area contributed by atoms with Crippen LogP contribution in [0.4, 0.5) is 0 Å². The van der Waals surface area contributed by atoms with Crippen molar-refractivity contribution in [1.82, 2.24) is 0 Å². The van der Waals surface area contributed by atoms with Crippen molar-refractivity contribution in [3.8, 4) is 5.75 Å². The van der Waals surface area contributed by atoms with E-state index in [9.17, 15) is 19.5 Å². The Morgan fingerprint density at radius 1 is 1.12 bits per heavy atom. The van der Waals surface area contributed by atoms with Gasteiger partial charge >= 0.3 is 17.9 Å². The molecule has 1 aliphatic rings. The molecule has 0 bridgehead atoms. The first kappa shape index (κ1) is 19.7. The van der Waals surface area contributed by atoms with Crippen LogP contribution in [0.15, 0.2) is 24.3 Å². The highest BCUT2D eigenvalue weighted by Crippen LogP contribution is 2.36. The molecular weight excluding hydrogens is 344 g/mol. The van der Waals surface area contributed by atoms with Crippen LogP contribution < -0.4 is 0 Å². The van der Waals surface area contributed by atoms with Crippen molar-refractivity contribution in [3.05, 3.63) is 29.8 Å². The summed E-state index contributed by atoms with van der Waals surface area (Å²) < 4.78 is 21.6. The lowest BCUT2D eigenvalue weighted by molar-refractivity contribution is -0.214. The fraction of sp³-hybridized carbons (Fsp3) is 0.500. The predicted molar refractivity (Wildman–Crippen MR) is 88.1 cm³/mol. The van der Waals surface area contributed by atoms with Gasteiger partial charge in [-0.2, -0.15) is 0 Å². The molecule has 4 atom stereocenters. The lowest BCUT2D eigenvalue weighted by Gasteiger charge is -2.40. The summed E-state index contributed by atoms with van der Waals surface area (Å²) in [5.74, 6) is -1.54. The molecule has 2 rings (SSSR count). The molecule has 0 aliphatic carbocycles. The maximum absolute atomic E-state index is 11.5. The zero-order valence-corrected chi connectivity index (χ0v) is 14.8. The molecule has 1 heterocycles. The summed E-state index contributed by atoms with van der Waals surface area (Å²) >= 11 is 0. The van der Waals surface area contributed by atoms with E-state index >= 15 is 0 Å². The molecule has 26 heavy (non-hydrogen) atoms. The fourth-order valence-corrected chi connectivity index (χ4v) is 2.87. The second-order valence-corrected chi connectivity index (χ2v) is 6.03. The Balaban J connectivity index is 2.33.